The van der Waals surface area contributed by atoms with Crippen molar-refractivity contribution in [2.45, 2.75) is 25.7 Å². The zero-order valence-corrected chi connectivity index (χ0v) is 13.3. The number of hydrogen-bond acceptors (Lipinski definition) is 5. The Morgan fingerprint density at radius 1 is 1.39 bits per heavy atom. The summed E-state index contributed by atoms with van der Waals surface area (Å²) in [7, 11) is 1.57. The number of anilines is 1. The summed E-state index contributed by atoms with van der Waals surface area (Å²) in [6.45, 7) is 0.653. The molecule has 2 heterocycles. The Labute approximate surface area is 135 Å². The van der Waals surface area contributed by atoms with Crippen LogP contribution in [0.4, 0.5) is 5.69 Å². The minimum absolute atomic E-state index is 0.0196. The Morgan fingerprint density at radius 2 is 2.26 bits per heavy atom. The first kappa shape index (κ1) is 15.7. The second kappa shape index (κ2) is 6.91. The smallest absolute Gasteiger partial charge is 0.227 e. The molecule has 2 atom stereocenters. The van der Waals surface area contributed by atoms with E-state index in [0.717, 1.165) is 31.2 Å². The summed E-state index contributed by atoms with van der Waals surface area (Å²) in [6, 6.07) is 5.37. The number of ether oxygens (including phenoxy) is 1. The number of nitrogens with zero attached hydrogens (tertiary/aromatic N) is 2. The van der Waals surface area contributed by atoms with Crippen molar-refractivity contribution in [3.05, 3.63) is 24.4 Å². The molecule has 0 saturated heterocycles. The van der Waals surface area contributed by atoms with Crippen LogP contribution in [0.5, 0.6) is 5.88 Å². The van der Waals surface area contributed by atoms with Crippen LogP contribution >= 0.6 is 0 Å². The summed E-state index contributed by atoms with van der Waals surface area (Å²) in [4.78, 5) is 21.3. The molecule has 2 aromatic heterocycles. The predicted molar refractivity (Wildman–Crippen MR) is 89.2 cm³/mol. The largest absolute Gasteiger partial charge is 0.481 e. The summed E-state index contributed by atoms with van der Waals surface area (Å²) in [5, 5.41) is 3.01. The molecule has 0 bridgehead atoms. The average molecular weight is 314 g/mol. The molecule has 6 heteroatoms. The van der Waals surface area contributed by atoms with E-state index in [1.807, 2.05) is 6.07 Å². The number of nitrogens with two attached hydrogens (primary N) is 1. The molecular formula is C17H22N4O2. The van der Waals surface area contributed by atoms with E-state index in [0.29, 0.717) is 29.5 Å². The van der Waals surface area contributed by atoms with Crippen LogP contribution < -0.4 is 15.8 Å². The second-order valence-corrected chi connectivity index (χ2v) is 6.03. The van der Waals surface area contributed by atoms with Crippen molar-refractivity contribution in [3.63, 3.8) is 0 Å². The molecule has 3 rings (SSSR count). The molecule has 1 amide bonds. The van der Waals surface area contributed by atoms with Crippen LogP contribution in [-0.4, -0.2) is 29.5 Å². The van der Waals surface area contributed by atoms with E-state index in [1.165, 1.54) is 0 Å². The zero-order chi connectivity index (χ0) is 16.2. The number of rotatable bonds is 4. The molecule has 1 fully saturated rings. The molecule has 0 radical (unpaired) electrons. The van der Waals surface area contributed by atoms with Gasteiger partial charge in [-0.25, -0.2) is 4.98 Å². The summed E-state index contributed by atoms with van der Waals surface area (Å²) in [6.07, 6.45) is 5.64. The topological polar surface area (TPSA) is 90.1 Å². The van der Waals surface area contributed by atoms with Gasteiger partial charge >= 0.3 is 0 Å². The summed E-state index contributed by atoms with van der Waals surface area (Å²) in [5.41, 5.74) is 7.81. The molecule has 0 spiro atoms. The third-order valence-corrected chi connectivity index (χ3v) is 4.51. The number of hydrogen-bond donors (Lipinski definition) is 2. The van der Waals surface area contributed by atoms with Crippen molar-refractivity contribution < 1.29 is 9.53 Å². The minimum atomic E-state index is 0.0196. The summed E-state index contributed by atoms with van der Waals surface area (Å²) < 4.78 is 5.16. The van der Waals surface area contributed by atoms with Crippen LogP contribution in [0.15, 0.2) is 24.4 Å². The number of fused-ring (bicyclic) bond motifs is 1. The molecule has 2 unspecified atom stereocenters. The molecule has 1 saturated carbocycles. The van der Waals surface area contributed by atoms with Crippen LogP contribution in [0.2, 0.25) is 0 Å². The summed E-state index contributed by atoms with van der Waals surface area (Å²) in [5.74, 6) is 1.01. The minimum Gasteiger partial charge on any atom is -0.481 e. The van der Waals surface area contributed by atoms with Crippen LogP contribution in [0.3, 0.4) is 0 Å². The van der Waals surface area contributed by atoms with Crippen molar-refractivity contribution in [2.75, 3.05) is 19.0 Å². The maximum atomic E-state index is 12.6. The van der Waals surface area contributed by atoms with Crippen molar-refractivity contribution >= 4 is 22.6 Å². The van der Waals surface area contributed by atoms with Crippen molar-refractivity contribution in [2.24, 2.45) is 17.6 Å². The van der Waals surface area contributed by atoms with Gasteiger partial charge in [-0.15, -0.1) is 0 Å². The molecule has 3 N–H and O–H groups in total. The molecule has 1 aliphatic rings. The van der Waals surface area contributed by atoms with Gasteiger partial charge in [-0.2, -0.15) is 0 Å². The lowest BCUT2D eigenvalue weighted by Gasteiger charge is -2.27. The lowest BCUT2D eigenvalue weighted by Crippen LogP contribution is -2.30. The van der Waals surface area contributed by atoms with E-state index >= 15 is 0 Å². The number of methoxy groups -OCH3 is 1. The van der Waals surface area contributed by atoms with Crippen LogP contribution in [0, 0.1) is 11.8 Å². The number of nitrogens with one attached hydrogen (secondary N) is 1. The van der Waals surface area contributed by atoms with Gasteiger partial charge in [0, 0.05) is 18.2 Å². The Morgan fingerprint density at radius 3 is 3.04 bits per heavy atom. The zero-order valence-electron chi connectivity index (χ0n) is 13.3. The number of aromatic nitrogens is 2. The van der Waals surface area contributed by atoms with E-state index in [4.69, 9.17) is 10.5 Å². The predicted octanol–water partition coefficient (Wildman–Crippen LogP) is 2.34. The van der Waals surface area contributed by atoms with E-state index in [-0.39, 0.29) is 11.8 Å². The molecule has 6 nitrogen and oxygen atoms in total. The molecule has 122 valence electrons. The van der Waals surface area contributed by atoms with E-state index in [1.54, 1.807) is 25.4 Å². The Hall–Kier alpha value is -2.21. The van der Waals surface area contributed by atoms with Gasteiger partial charge in [0.1, 0.15) is 5.52 Å². The van der Waals surface area contributed by atoms with Crippen molar-refractivity contribution in [3.8, 4) is 5.88 Å². The van der Waals surface area contributed by atoms with Gasteiger partial charge in [0.2, 0.25) is 11.8 Å². The fourth-order valence-corrected chi connectivity index (χ4v) is 3.20. The van der Waals surface area contributed by atoms with E-state index < -0.39 is 0 Å². The normalized spacial score (nSPS) is 21.1. The highest BCUT2D eigenvalue weighted by Crippen LogP contribution is 2.30. The van der Waals surface area contributed by atoms with Crippen LogP contribution in [0.25, 0.3) is 11.0 Å². The molecular weight excluding hydrogens is 292 g/mol. The third-order valence-electron chi connectivity index (χ3n) is 4.51. The number of carbonyl (C=O) groups excluding carboxylic acids is 1. The maximum absolute atomic E-state index is 12.6. The highest BCUT2D eigenvalue weighted by atomic mass is 16.5. The van der Waals surface area contributed by atoms with Gasteiger partial charge in [0.15, 0.2) is 0 Å². The first-order chi connectivity index (χ1) is 11.2. The Bertz CT molecular complexity index is 704. The molecule has 0 aliphatic heterocycles. The third kappa shape index (κ3) is 3.42. The van der Waals surface area contributed by atoms with Crippen molar-refractivity contribution in [1.29, 1.82) is 0 Å². The van der Waals surface area contributed by atoms with Crippen LogP contribution in [0.1, 0.15) is 25.7 Å². The molecule has 2 aromatic rings. The molecule has 1 aliphatic carbocycles. The standard InChI is InChI=1S/C17H22N4O2/c1-23-15-6-5-13-16(21-15)14(7-8-19-13)20-17(22)12-4-2-3-11(9-12)10-18/h5-8,11-12H,2-4,9-10,18H2,1H3,(H,19,20,22). The first-order valence-corrected chi connectivity index (χ1v) is 8.02. The lowest BCUT2D eigenvalue weighted by atomic mass is 9.81. The Balaban J connectivity index is 1.81. The van der Waals surface area contributed by atoms with Crippen LogP contribution in [-0.2, 0) is 4.79 Å². The second-order valence-electron chi connectivity index (χ2n) is 6.03. The lowest BCUT2D eigenvalue weighted by molar-refractivity contribution is -0.121. The van der Waals surface area contributed by atoms with Gasteiger partial charge in [-0.3, -0.25) is 9.78 Å². The van der Waals surface area contributed by atoms with Gasteiger partial charge in [-0.05, 0) is 43.9 Å². The maximum Gasteiger partial charge on any atom is 0.227 e. The SMILES string of the molecule is COc1ccc2nccc(NC(=O)C3CCCC(CN)C3)c2n1. The van der Waals surface area contributed by atoms with E-state index in [9.17, 15) is 4.79 Å². The van der Waals surface area contributed by atoms with E-state index in [2.05, 4.69) is 15.3 Å². The number of carbonyl (C=O) groups is 1. The monoisotopic (exact) mass is 314 g/mol. The molecule has 0 aromatic carbocycles. The first-order valence-electron chi connectivity index (χ1n) is 8.02. The van der Waals surface area contributed by atoms with Gasteiger partial charge in [-0.1, -0.05) is 6.42 Å². The highest BCUT2D eigenvalue weighted by molar-refractivity contribution is 6.00. The fraction of sp³-hybridized carbons (Fsp3) is 0.471. The fourth-order valence-electron chi connectivity index (χ4n) is 3.20. The van der Waals surface area contributed by atoms with Gasteiger partial charge in [0.25, 0.3) is 0 Å². The summed E-state index contributed by atoms with van der Waals surface area (Å²) >= 11 is 0. The quantitative estimate of drug-likeness (QED) is 0.904. The average Bonchev–Trinajstić information content (AvgIpc) is 2.61. The Kier molecular flexibility index (Phi) is 4.71. The van der Waals surface area contributed by atoms with Crippen molar-refractivity contribution in [1.82, 2.24) is 9.97 Å². The number of amides is 1. The molecule has 23 heavy (non-hydrogen) atoms. The highest BCUT2D eigenvalue weighted by Gasteiger charge is 2.27. The van der Waals surface area contributed by atoms with Gasteiger partial charge < -0.3 is 15.8 Å². The van der Waals surface area contributed by atoms with Gasteiger partial charge in [0.05, 0.1) is 18.3 Å². The number of pyridine rings is 2.